The molecule has 11 heteroatoms. The Labute approximate surface area is 150 Å². The van der Waals surface area contributed by atoms with Crippen molar-refractivity contribution in [3.8, 4) is 11.5 Å². The summed E-state index contributed by atoms with van der Waals surface area (Å²) in [6, 6.07) is 4.53. The first-order valence-electron chi connectivity index (χ1n) is 7.67. The Hall–Kier alpha value is -1.24. The Balaban J connectivity index is 2.01. The molecule has 0 amide bonds. The Kier molecular flexibility index (Phi) is 7.16. The first kappa shape index (κ1) is 20.1. The van der Waals surface area contributed by atoms with Crippen molar-refractivity contribution in [1.29, 1.82) is 0 Å². The summed E-state index contributed by atoms with van der Waals surface area (Å²) in [7, 11) is -0.659. The molecule has 2 rings (SSSR count). The SMILES string of the molecule is COc1ccc(S(=O)(=O)N2CCN(CCNS(=O)O)CC2)cc1OC. The van der Waals surface area contributed by atoms with Gasteiger partial charge in [-0.25, -0.2) is 17.3 Å². The Morgan fingerprint density at radius 3 is 2.36 bits per heavy atom. The number of nitrogens with one attached hydrogen (secondary N) is 1. The van der Waals surface area contributed by atoms with Crippen molar-refractivity contribution in [2.24, 2.45) is 0 Å². The highest BCUT2D eigenvalue weighted by Crippen LogP contribution is 2.30. The third-order valence-corrected chi connectivity index (χ3v) is 6.32. The zero-order valence-electron chi connectivity index (χ0n) is 14.2. The van der Waals surface area contributed by atoms with E-state index in [1.807, 2.05) is 4.90 Å². The number of nitrogens with zero attached hydrogens (tertiary/aromatic N) is 2. The second-order valence-electron chi connectivity index (χ2n) is 5.41. The Morgan fingerprint density at radius 2 is 1.80 bits per heavy atom. The molecular formula is C14H23N3O6S2. The summed E-state index contributed by atoms with van der Waals surface area (Å²) >= 11 is -2.03. The highest BCUT2D eigenvalue weighted by molar-refractivity contribution is 7.89. The highest BCUT2D eigenvalue weighted by Gasteiger charge is 2.29. The lowest BCUT2D eigenvalue weighted by atomic mass is 10.3. The fraction of sp³-hybridized carbons (Fsp3) is 0.571. The molecule has 0 aliphatic carbocycles. The van der Waals surface area contributed by atoms with Gasteiger partial charge >= 0.3 is 0 Å². The van der Waals surface area contributed by atoms with E-state index in [2.05, 4.69) is 4.72 Å². The minimum atomic E-state index is -3.61. The van der Waals surface area contributed by atoms with Gasteiger partial charge in [0, 0.05) is 45.3 Å². The van der Waals surface area contributed by atoms with Crippen LogP contribution in [0, 0.1) is 0 Å². The number of piperazine rings is 1. The van der Waals surface area contributed by atoms with E-state index in [1.165, 1.54) is 30.7 Å². The van der Waals surface area contributed by atoms with Crippen LogP contribution in [0.2, 0.25) is 0 Å². The zero-order valence-corrected chi connectivity index (χ0v) is 15.8. The van der Waals surface area contributed by atoms with E-state index in [9.17, 15) is 12.6 Å². The quantitative estimate of drug-likeness (QED) is 0.586. The maximum Gasteiger partial charge on any atom is 0.243 e. The largest absolute Gasteiger partial charge is 0.493 e. The van der Waals surface area contributed by atoms with Gasteiger partial charge in [-0.2, -0.15) is 4.31 Å². The predicted molar refractivity (Wildman–Crippen MR) is 93.5 cm³/mol. The third-order valence-electron chi connectivity index (χ3n) is 3.98. The van der Waals surface area contributed by atoms with E-state index in [-0.39, 0.29) is 4.90 Å². The molecule has 0 spiro atoms. The maximum absolute atomic E-state index is 12.8. The van der Waals surface area contributed by atoms with Gasteiger partial charge in [0.15, 0.2) is 11.5 Å². The van der Waals surface area contributed by atoms with Crippen LogP contribution < -0.4 is 14.2 Å². The molecule has 1 fully saturated rings. The average molecular weight is 393 g/mol. The van der Waals surface area contributed by atoms with Crippen molar-refractivity contribution in [3.05, 3.63) is 18.2 Å². The molecule has 1 aliphatic heterocycles. The summed E-state index contributed by atoms with van der Waals surface area (Å²) in [4.78, 5) is 2.21. The van der Waals surface area contributed by atoms with Crippen LogP contribution in [0.15, 0.2) is 23.1 Å². The molecule has 1 unspecified atom stereocenters. The number of hydrogen-bond donors (Lipinski definition) is 2. The Morgan fingerprint density at radius 1 is 1.16 bits per heavy atom. The van der Waals surface area contributed by atoms with Gasteiger partial charge in [-0.1, -0.05) is 0 Å². The molecule has 1 aromatic rings. The van der Waals surface area contributed by atoms with Gasteiger partial charge in [0.05, 0.1) is 19.1 Å². The molecule has 0 radical (unpaired) electrons. The van der Waals surface area contributed by atoms with Crippen LogP contribution in [0.5, 0.6) is 11.5 Å². The van der Waals surface area contributed by atoms with E-state index in [1.54, 1.807) is 6.07 Å². The van der Waals surface area contributed by atoms with Gasteiger partial charge in [-0.15, -0.1) is 0 Å². The van der Waals surface area contributed by atoms with E-state index in [4.69, 9.17) is 14.0 Å². The van der Waals surface area contributed by atoms with Crippen LogP contribution >= 0.6 is 0 Å². The lowest BCUT2D eigenvalue weighted by molar-refractivity contribution is 0.191. The average Bonchev–Trinajstić information content (AvgIpc) is 2.61. The van der Waals surface area contributed by atoms with E-state index in [0.717, 1.165) is 0 Å². The van der Waals surface area contributed by atoms with Crippen molar-refractivity contribution in [2.75, 3.05) is 53.5 Å². The third kappa shape index (κ3) is 5.12. The molecule has 9 nitrogen and oxygen atoms in total. The van der Waals surface area contributed by atoms with Crippen molar-refractivity contribution < 1.29 is 26.7 Å². The molecule has 0 bridgehead atoms. The molecule has 0 aromatic heterocycles. The summed E-state index contributed by atoms with van der Waals surface area (Å²) in [6.45, 7) is 2.79. The molecule has 1 aromatic carbocycles. The number of methoxy groups -OCH3 is 2. The van der Waals surface area contributed by atoms with Crippen molar-refractivity contribution >= 4 is 21.3 Å². The van der Waals surface area contributed by atoms with E-state index >= 15 is 0 Å². The molecule has 1 aliphatic rings. The molecule has 142 valence electrons. The minimum Gasteiger partial charge on any atom is -0.493 e. The van der Waals surface area contributed by atoms with Gasteiger partial charge in [-0.05, 0) is 12.1 Å². The monoisotopic (exact) mass is 393 g/mol. The number of sulfonamides is 1. The zero-order chi connectivity index (χ0) is 18.4. The van der Waals surface area contributed by atoms with Crippen LogP contribution in [0.25, 0.3) is 0 Å². The molecular weight excluding hydrogens is 370 g/mol. The molecule has 1 saturated heterocycles. The minimum absolute atomic E-state index is 0.163. The van der Waals surface area contributed by atoms with Crippen LogP contribution in [-0.4, -0.2) is 79.9 Å². The molecule has 1 atom stereocenters. The number of benzene rings is 1. The standard InChI is InChI=1S/C14H23N3O6S2/c1-22-13-4-3-12(11-14(13)23-2)25(20,21)17-9-7-16(8-10-17)6-5-15-24(18)19/h3-4,11,15H,5-10H2,1-2H3,(H,18,19). The lowest BCUT2D eigenvalue weighted by Crippen LogP contribution is -2.49. The molecule has 25 heavy (non-hydrogen) atoms. The topological polar surface area (TPSA) is 108 Å². The fourth-order valence-electron chi connectivity index (χ4n) is 2.61. The number of ether oxygens (including phenoxy) is 2. The van der Waals surface area contributed by atoms with E-state index < -0.39 is 21.3 Å². The molecule has 1 heterocycles. The first-order valence-corrected chi connectivity index (χ1v) is 10.2. The molecule has 0 saturated carbocycles. The number of hydrogen-bond acceptors (Lipinski definition) is 6. The highest BCUT2D eigenvalue weighted by atomic mass is 32.2. The maximum atomic E-state index is 12.8. The normalized spacial score (nSPS) is 18.0. The summed E-state index contributed by atoms with van der Waals surface area (Å²) in [5, 5.41) is 0. The molecule has 2 N–H and O–H groups in total. The summed E-state index contributed by atoms with van der Waals surface area (Å²) in [5.74, 6) is 0.838. The van der Waals surface area contributed by atoms with Crippen LogP contribution in [0.4, 0.5) is 0 Å². The predicted octanol–water partition coefficient (Wildman–Crippen LogP) is -0.264. The number of rotatable bonds is 8. The fourth-order valence-corrected chi connectivity index (χ4v) is 4.31. The van der Waals surface area contributed by atoms with Gasteiger partial charge in [0.25, 0.3) is 0 Å². The van der Waals surface area contributed by atoms with Crippen LogP contribution in [0.3, 0.4) is 0 Å². The van der Waals surface area contributed by atoms with Gasteiger partial charge < -0.3 is 9.47 Å². The van der Waals surface area contributed by atoms with Gasteiger partial charge in [0.1, 0.15) is 0 Å². The van der Waals surface area contributed by atoms with Crippen LogP contribution in [-0.2, 0) is 21.3 Å². The van der Waals surface area contributed by atoms with Crippen LogP contribution in [0.1, 0.15) is 0 Å². The summed E-state index contributed by atoms with van der Waals surface area (Å²) < 4.78 is 59.0. The lowest BCUT2D eigenvalue weighted by Gasteiger charge is -2.33. The van der Waals surface area contributed by atoms with Gasteiger partial charge in [0.2, 0.25) is 21.3 Å². The second-order valence-corrected chi connectivity index (χ2v) is 8.13. The van der Waals surface area contributed by atoms with Crippen molar-refractivity contribution in [3.63, 3.8) is 0 Å². The first-order chi connectivity index (χ1) is 11.9. The van der Waals surface area contributed by atoms with Crippen molar-refractivity contribution in [2.45, 2.75) is 4.90 Å². The van der Waals surface area contributed by atoms with Gasteiger partial charge in [-0.3, -0.25) is 9.45 Å². The smallest absolute Gasteiger partial charge is 0.243 e. The van der Waals surface area contributed by atoms with E-state index in [0.29, 0.717) is 50.8 Å². The summed E-state index contributed by atoms with van der Waals surface area (Å²) in [5.41, 5.74) is 0. The van der Waals surface area contributed by atoms with Crippen molar-refractivity contribution in [1.82, 2.24) is 13.9 Å². The summed E-state index contributed by atoms with van der Waals surface area (Å²) in [6.07, 6.45) is 0. The second kappa shape index (κ2) is 8.92. The Bertz CT molecular complexity index is 705.